The van der Waals surface area contributed by atoms with Crippen LogP contribution in [-0.4, -0.2) is 15.0 Å². The summed E-state index contributed by atoms with van der Waals surface area (Å²) in [6.07, 6.45) is 11.5. The fraction of sp³-hybridized carbons (Fsp3) is 0.0702. The van der Waals surface area contributed by atoms with Gasteiger partial charge in [-0.15, -0.1) is 0 Å². The van der Waals surface area contributed by atoms with Gasteiger partial charge in [-0.2, -0.15) is 0 Å². The first kappa shape index (κ1) is 35.3. The van der Waals surface area contributed by atoms with Gasteiger partial charge in [0.2, 0.25) is 0 Å². The number of fused-ring (bicyclic) bond motifs is 11. The first-order valence-electron chi connectivity index (χ1n) is 21.1. The Morgan fingerprint density at radius 2 is 1.15 bits per heavy atom. The average Bonchev–Trinajstić information content (AvgIpc) is 3.94. The molecular formula is C57H39N3O. The van der Waals surface area contributed by atoms with Crippen LogP contribution >= 0.6 is 0 Å². The van der Waals surface area contributed by atoms with Gasteiger partial charge in [0.05, 0.1) is 5.41 Å². The molecule has 0 saturated carbocycles. The molecule has 3 aliphatic carbocycles. The van der Waals surface area contributed by atoms with E-state index < -0.39 is 5.41 Å². The Labute approximate surface area is 354 Å². The minimum absolute atomic E-state index is 0.110. The van der Waals surface area contributed by atoms with E-state index in [9.17, 15) is 0 Å². The number of hydrogen-bond acceptors (Lipinski definition) is 4. The van der Waals surface area contributed by atoms with Crippen LogP contribution in [0.3, 0.4) is 0 Å². The van der Waals surface area contributed by atoms with Gasteiger partial charge in [0, 0.05) is 33.4 Å². The Hall–Kier alpha value is -7.69. The molecule has 0 N–H and O–H groups in total. The largest absolute Gasteiger partial charge is 0.456 e. The van der Waals surface area contributed by atoms with Crippen LogP contribution < -0.4 is 10.4 Å². The van der Waals surface area contributed by atoms with E-state index in [1.165, 1.54) is 55.3 Å². The van der Waals surface area contributed by atoms with E-state index in [2.05, 4.69) is 159 Å². The SMILES string of the molecule is C\C=C/C=C1/C(=C2\C=c3ccc(-c4nc(-c5ccccc5)nc(-c5cccc6oc7ccccc7c56)n4)cc3=CC2C)C2(c3ccccc31)c1ccccc1-c1ccccc12. The van der Waals surface area contributed by atoms with Crippen molar-refractivity contribution >= 4 is 39.7 Å². The number of rotatable bonds is 4. The quantitative estimate of drug-likeness (QED) is 0.178. The van der Waals surface area contributed by atoms with Crippen LogP contribution in [0.5, 0.6) is 0 Å². The number of allylic oxidation sites excluding steroid dienone is 6. The lowest BCUT2D eigenvalue weighted by atomic mass is 9.67. The molecule has 12 rings (SSSR count). The molecule has 4 heteroatoms. The highest BCUT2D eigenvalue weighted by Gasteiger charge is 2.54. The van der Waals surface area contributed by atoms with Crippen molar-refractivity contribution in [1.29, 1.82) is 0 Å². The summed E-state index contributed by atoms with van der Waals surface area (Å²) in [4.78, 5) is 15.5. The maximum absolute atomic E-state index is 6.28. The maximum atomic E-state index is 6.28. The van der Waals surface area contributed by atoms with Gasteiger partial charge in [0.15, 0.2) is 17.5 Å². The first-order valence-corrected chi connectivity index (χ1v) is 21.1. The predicted molar refractivity (Wildman–Crippen MR) is 249 cm³/mol. The van der Waals surface area contributed by atoms with Gasteiger partial charge in [-0.1, -0.05) is 183 Å². The van der Waals surface area contributed by atoms with Gasteiger partial charge in [0.1, 0.15) is 11.2 Å². The van der Waals surface area contributed by atoms with Crippen molar-refractivity contribution in [2.24, 2.45) is 5.92 Å². The standard InChI is InChI=1S/C57H39N3O/c1-3-4-19-43-42-22-10-14-27-49(42)57(47-25-12-8-20-40(47)41-21-9-13-26-48(41)57)53(43)46-34-37-30-31-38(33-39(37)32-35(46)2)55-58-54(36-17-6-5-7-18-36)59-56(60-55)45-24-16-29-51-52(45)44-23-11-15-28-50(44)61-51/h3-35H,1-2H3/b4-3-,43-19+,53-46-. The van der Waals surface area contributed by atoms with E-state index in [1.54, 1.807) is 0 Å². The number of hydrogen-bond donors (Lipinski definition) is 0. The summed E-state index contributed by atoms with van der Waals surface area (Å²) in [5, 5.41) is 4.37. The molecule has 61 heavy (non-hydrogen) atoms. The zero-order valence-corrected chi connectivity index (χ0v) is 33.8. The third-order valence-electron chi connectivity index (χ3n) is 12.8. The lowest BCUT2D eigenvalue weighted by molar-refractivity contribution is 0.669. The third kappa shape index (κ3) is 5.22. The normalized spacial score (nSPS) is 17.7. The van der Waals surface area contributed by atoms with E-state index in [-0.39, 0.29) is 5.92 Å². The molecule has 3 aliphatic rings. The Bertz CT molecular complexity index is 3470. The zero-order valence-electron chi connectivity index (χ0n) is 33.8. The van der Waals surface area contributed by atoms with Crippen LogP contribution in [-0.2, 0) is 5.41 Å². The average molecular weight is 782 g/mol. The second-order valence-electron chi connectivity index (χ2n) is 16.2. The molecule has 0 bridgehead atoms. The Kier molecular flexibility index (Phi) is 7.91. The highest BCUT2D eigenvalue weighted by Crippen LogP contribution is 2.65. The van der Waals surface area contributed by atoms with E-state index in [4.69, 9.17) is 19.4 Å². The molecule has 0 saturated heterocycles. The van der Waals surface area contributed by atoms with E-state index in [0.29, 0.717) is 17.5 Å². The van der Waals surface area contributed by atoms with Gasteiger partial charge in [-0.3, -0.25) is 0 Å². The number of aromatic nitrogens is 3. The molecule has 0 fully saturated rings. The summed E-state index contributed by atoms with van der Waals surface area (Å²) in [5.74, 6) is 1.97. The topological polar surface area (TPSA) is 51.8 Å². The maximum Gasteiger partial charge on any atom is 0.164 e. The highest BCUT2D eigenvalue weighted by molar-refractivity contribution is 6.12. The summed E-state index contributed by atoms with van der Waals surface area (Å²) in [6, 6.07) is 58.2. The van der Waals surface area contributed by atoms with E-state index in [0.717, 1.165) is 43.8 Å². The molecule has 1 spiro atoms. The lowest BCUT2D eigenvalue weighted by Crippen LogP contribution is -2.32. The van der Waals surface area contributed by atoms with Crippen LogP contribution in [0.1, 0.15) is 36.1 Å². The molecule has 0 radical (unpaired) electrons. The summed E-state index contributed by atoms with van der Waals surface area (Å²) in [5.41, 5.74) is 15.9. The van der Waals surface area contributed by atoms with Crippen molar-refractivity contribution in [2.45, 2.75) is 19.3 Å². The zero-order chi connectivity index (χ0) is 40.7. The van der Waals surface area contributed by atoms with Gasteiger partial charge >= 0.3 is 0 Å². The number of para-hydroxylation sites is 1. The summed E-state index contributed by atoms with van der Waals surface area (Å²) >= 11 is 0. The van der Waals surface area contributed by atoms with Gasteiger partial charge < -0.3 is 4.42 Å². The van der Waals surface area contributed by atoms with Crippen LogP contribution in [0, 0.1) is 5.92 Å². The smallest absolute Gasteiger partial charge is 0.164 e. The Balaban J connectivity index is 1.08. The molecule has 0 amide bonds. The minimum Gasteiger partial charge on any atom is -0.456 e. The molecular weight excluding hydrogens is 743 g/mol. The molecule has 7 aromatic carbocycles. The molecule has 4 nitrogen and oxygen atoms in total. The van der Waals surface area contributed by atoms with Gasteiger partial charge in [0.25, 0.3) is 0 Å². The molecule has 1 atom stereocenters. The van der Waals surface area contributed by atoms with Crippen molar-refractivity contribution < 1.29 is 4.42 Å². The Morgan fingerprint density at radius 3 is 1.90 bits per heavy atom. The minimum atomic E-state index is -0.457. The molecule has 2 heterocycles. The number of furan rings is 1. The third-order valence-corrected chi connectivity index (χ3v) is 12.8. The van der Waals surface area contributed by atoms with Crippen molar-refractivity contribution in [2.75, 3.05) is 0 Å². The Morgan fingerprint density at radius 1 is 0.541 bits per heavy atom. The predicted octanol–water partition coefficient (Wildman–Crippen LogP) is 12.3. The lowest BCUT2D eigenvalue weighted by Gasteiger charge is -2.34. The fourth-order valence-corrected chi connectivity index (χ4v) is 10.3. The second-order valence-corrected chi connectivity index (χ2v) is 16.2. The van der Waals surface area contributed by atoms with Crippen molar-refractivity contribution in [3.63, 3.8) is 0 Å². The van der Waals surface area contributed by atoms with E-state index >= 15 is 0 Å². The van der Waals surface area contributed by atoms with Gasteiger partial charge in [-0.05, 0) is 85.7 Å². The molecule has 9 aromatic rings. The number of nitrogens with zero attached hydrogens (tertiary/aromatic N) is 3. The van der Waals surface area contributed by atoms with Crippen LogP contribution in [0.15, 0.2) is 198 Å². The monoisotopic (exact) mass is 781 g/mol. The van der Waals surface area contributed by atoms with E-state index in [1.807, 2.05) is 48.5 Å². The fourth-order valence-electron chi connectivity index (χ4n) is 10.3. The molecule has 0 aliphatic heterocycles. The highest BCUT2D eigenvalue weighted by atomic mass is 16.3. The van der Waals surface area contributed by atoms with Crippen molar-refractivity contribution in [3.05, 3.63) is 226 Å². The molecule has 288 valence electrons. The first-order chi connectivity index (χ1) is 30.1. The summed E-state index contributed by atoms with van der Waals surface area (Å²) < 4.78 is 6.28. The van der Waals surface area contributed by atoms with Gasteiger partial charge in [-0.25, -0.2) is 15.0 Å². The van der Waals surface area contributed by atoms with Crippen molar-refractivity contribution in [3.8, 4) is 45.3 Å². The second kappa shape index (κ2) is 13.7. The number of benzene rings is 7. The van der Waals surface area contributed by atoms with Crippen LogP contribution in [0.25, 0.3) is 85.0 Å². The molecule has 1 unspecified atom stereocenters. The molecule has 2 aromatic heterocycles. The summed E-state index contributed by atoms with van der Waals surface area (Å²) in [7, 11) is 0. The summed E-state index contributed by atoms with van der Waals surface area (Å²) in [6.45, 7) is 4.44. The van der Waals surface area contributed by atoms with Crippen LogP contribution in [0.4, 0.5) is 0 Å². The van der Waals surface area contributed by atoms with Crippen molar-refractivity contribution in [1.82, 2.24) is 15.0 Å². The van der Waals surface area contributed by atoms with Crippen LogP contribution in [0.2, 0.25) is 0 Å².